The van der Waals surface area contributed by atoms with Gasteiger partial charge in [0.25, 0.3) is 0 Å². The van der Waals surface area contributed by atoms with Gasteiger partial charge < -0.3 is 20.4 Å². The van der Waals surface area contributed by atoms with E-state index in [2.05, 4.69) is 0 Å². The van der Waals surface area contributed by atoms with Gasteiger partial charge in [-0.15, -0.1) is 0 Å². The summed E-state index contributed by atoms with van der Waals surface area (Å²) >= 11 is 0. The topological polar surface area (TPSA) is 80.9 Å². The number of phenolic OH excluding ortho intramolecular Hbond substituents is 4. The van der Waals surface area contributed by atoms with Crippen LogP contribution in [0.1, 0.15) is 0 Å². The summed E-state index contributed by atoms with van der Waals surface area (Å²) in [6, 6.07) is 34.9. The minimum atomic E-state index is 0. The first kappa shape index (κ1) is 24.1. The molecule has 0 bridgehead atoms. The molecule has 0 amide bonds. The van der Waals surface area contributed by atoms with Gasteiger partial charge in [-0.25, -0.2) is 0 Å². The third kappa shape index (κ3) is 14.0. The molecule has 4 aromatic carbocycles. The summed E-state index contributed by atoms with van der Waals surface area (Å²) in [5, 5.41) is 34.5. The molecule has 5 heteroatoms. The van der Waals surface area contributed by atoms with Crippen LogP contribution in [0.3, 0.4) is 0 Å². The molecule has 0 atom stereocenters. The molecule has 0 unspecified atom stereocenters. The van der Waals surface area contributed by atoms with Crippen molar-refractivity contribution in [2.24, 2.45) is 0 Å². The Morgan fingerprint density at radius 3 is 0.483 bits per heavy atom. The molecule has 0 aliphatic carbocycles. The zero-order valence-corrected chi connectivity index (χ0v) is 22.4. The van der Waals surface area contributed by atoms with Crippen molar-refractivity contribution in [3.8, 4) is 23.0 Å². The first-order valence-corrected chi connectivity index (χ1v) is 8.54. The molecule has 0 heterocycles. The number of hydrogen-bond acceptors (Lipinski definition) is 4. The SMILES string of the molecule is Oc1ccccc1.Oc1ccccc1.Oc1ccccc1.Oc1ccccc1.[Rf]. The summed E-state index contributed by atoms with van der Waals surface area (Å²) in [6.45, 7) is 0. The van der Waals surface area contributed by atoms with Crippen molar-refractivity contribution in [1.82, 2.24) is 0 Å². The zero-order chi connectivity index (χ0) is 20.5. The molecular formula is C24H24O4Rf. The van der Waals surface area contributed by atoms with Gasteiger partial charge >= 0.3 is 0 Å². The Morgan fingerprint density at radius 2 is 0.414 bits per heavy atom. The molecule has 4 N–H and O–H groups in total. The number of phenols is 4. The summed E-state index contributed by atoms with van der Waals surface area (Å²) < 4.78 is 0. The number of para-hydroxylation sites is 4. The standard InChI is InChI=1S/4C6H6O.Rf/c4*7-6-4-2-1-3-5-6;/h4*1-5,7H;. The molecule has 146 valence electrons. The summed E-state index contributed by atoms with van der Waals surface area (Å²) in [4.78, 5) is 0. The second-order valence-electron chi connectivity index (χ2n) is 5.34. The average Bonchev–Trinajstić information content (AvgIpc) is 2.72. The van der Waals surface area contributed by atoms with Gasteiger partial charge in [0.05, 0.1) is 0 Å². The normalized spacial score (nSPS) is 8.28. The maximum absolute atomic E-state index is 8.63. The van der Waals surface area contributed by atoms with E-state index in [0.29, 0.717) is 23.0 Å². The Kier molecular flexibility index (Phi) is 12.7. The third-order valence-corrected chi connectivity index (χ3v) is 3.02. The third-order valence-electron chi connectivity index (χ3n) is 3.02. The van der Waals surface area contributed by atoms with Crippen LogP contribution in [0.4, 0.5) is 0 Å². The summed E-state index contributed by atoms with van der Waals surface area (Å²) in [5.41, 5.74) is 0. The second-order valence-corrected chi connectivity index (χ2v) is 5.34. The Balaban J connectivity index is 0.000000356. The van der Waals surface area contributed by atoms with E-state index in [4.69, 9.17) is 20.4 Å². The molecule has 0 radical (unpaired) electrons. The Bertz CT molecular complexity index is 693. The van der Waals surface area contributed by atoms with Crippen LogP contribution >= 0.6 is 0 Å². The van der Waals surface area contributed by atoms with Gasteiger partial charge in [0.1, 0.15) is 23.0 Å². The van der Waals surface area contributed by atoms with Crippen molar-refractivity contribution in [3.05, 3.63) is 121 Å². The molecule has 4 rings (SSSR count). The Hall–Kier alpha value is -4.92. The summed E-state index contributed by atoms with van der Waals surface area (Å²) in [6.07, 6.45) is 0. The van der Waals surface area contributed by atoms with Crippen molar-refractivity contribution in [1.29, 1.82) is 0 Å². The predicted molar refractivity (Wildman–Crippen MR) is 112 cm³/mol. The molecule has 0 aromatic heterocycles. The van der Waals surface area contributed by atoms with Gasteiger partial charge in [0.15, 0.2) is 0 Å². The predicted octanol–water partition coefficient (Wildman–Crippen LogP) is 5.57. The maximum atomic E-state index is 8.63. The van der Waals surface area contributed by atoms with E-state index in [1.807, 2.05) is 24.3 Å². The Labute approximate surface area is 165 Å². The summed E-state index contributed by atoms with van der Waals surface area (Å²) in [7, 11) is 0. The van der Waals surface area contributed by atoms with Crippen molar-refractivity contribution in [2.45, 2.75) is 0 Å². The number of hydrogen-bond donors (Lipinski definition) is 4. The van der Waals surface area contributed by atoms with E-state index in [1.165, 1.54) is 0 Å². The van der Waals surface area contributed by atoms with E-state index in [9.17, 15) is 0 Å². The Morgan fingerprint density at radius 1 is 0.276 bits per heavy atom. The van der Waals surface area contributed by atoms with Crippen LogP contribution in [-0.2, 0) is 0 Å². The molecule has 0 aliphatic heterocycles. The minimum absolute atomic E-state index is 0. The van der Waals surface area contributed by atoms with Gasteiger partial charge in [-0.05, 0) is 48.5 Å². The van der Waals surface area contributed by atoms with Gasteiger partial charge in [0.2, 0.25) is 0 Å². The van der Waals surface area contributed by atoms with Crippen LogP contribution in [0, 0.1) is 0 Å². The molecular weight excluding hydrogens is 619 g/mol. The van der Waals surface area contributed by atoms with Crippen LogP contribution in [0.2, 0.25) is 0 Å². The van der Waals surface area contributed by atoms with Crippen LogP contribution < -0.4 is 0 Å². The van der Waals surface area contributed by atoms with Crippen molar-refractivity contribution in [2.75, 3.05) is 0 Å². The van der Waals surface area contributed by atoms with Crippen LogP contribution in [0.5, 0.6) is 23.0 Å². The van der Waals surface area contributed by atoms with Gasteiger partial charge in [-0.1, -0.05) is 72.8 Å². The van der Waals surface area contributed by atoms with E-state index < -0.39 is 0 Å². The fourth-order valence-electron chi connectivity index (χ4n) is 1.71. The average molecular weight is 643 g/mol. The molecule has 29 heavy (non-hydrogen) atoms. The van der Waals surface area contributed by atoms with E-state index in [-0.39, 0.29) is 0 Å². The van der Waals surface area contributed by atoms with Crippen LogP contribution in [0.15, 0.2) is 121 Å². The smallest absolute Gasteiger partial charge is 0.115 e. The first-order chi connectivity index (χ1) is 13.6. The van der Waals surface area contributed by atoms with Crippen molar-refractivity contribution < 1.29 is 20.4 Å². The molecule has 0 saturated heterocycles. The van der Waals surface area contributed by atoms with E-state index >= 15 is 0 Å². The monoisotopic (exact) mass is 643 g/mol. The fraction of sp³-hybridized carbons (Fsp3) is 0. The quantitative estimate of drug-likeness (QED) is 0.202. The number of rotatable bonds is 0. The largest absolute Gasteiger partial charge is 0.508 e. The van der Waals surface area contributed by atoms with Gasteiger partial charge in [-0.3, -0.25) is 0 Å². The summed E-state index contributed by atoms with van der Waals surface area (Å²) in [5.74, 6) is 1.29. The van der Waals surface area contributed by atoms with Crippen molar-refractivity contribution in [3.63, 3.8) is 0 Å². The first-order valence-electron chi connectivity index (χ1n) is 8.54. The molecule has 4 nitrogen and oxygen atoms in total. The van der Waals surface area contributed by atoms with Gasteiger partial charge in [0, 0.05) is 0 Å². The minimum Gasteiger partial charge on any atom is -0.508 e. The molecule has 0 fully saturated rings. The van der Waals surface area contributed by atoms with E-state index in [1.54, 1.807) is 97.1 Å². The number of aromatic hydroxyl groups is 4. The van der Waals surface area contributed by atoms with E-state index in [0.717, 1.165) is 0 Å². The fourth-order valence-corrected chi connectivity index (χ4v) is 1.71. The molecule has 0 saturated carbocycles. The molecule has 4 aromatic rings. The van der Waals surface area contributed by atoms with Crippen molar-refractivity contribution >= 4 is 0 Å². The molecule has 0 spiro atoms. The van der Waals surface area contributed by atoms with Gasteiger partial charge in [-0.2, -0.15) is 0 Å². The number of benzene rings is 4. The second kappa shape index (κ2) is 15.3. The maximum Gasteiger partial charge on any atom is 0.115 e. The molecule has 0 aliphatic rings. The van der Waals surface area contributed by atoms with Crippen LogP contribution in [-0.4, -0.2) is 20.4 Å². The zero-order valence-electron chi connectivity index (χ0n) is 16.0. The van der Waals surface area contributed by atoms with Crippen LogP contribution in [0.25, 0.3) is 0 Å².